The van der Waals surface area contributed by atoms with Gasteiger partial charge in [-0.3, -0.25) is 0 Å². The zero-order chi connectivity index (χ0) is 23.2. The number of aromatic carboxylic acids is 2. The second-order valence-corrected chi connectivity index (χ2v) is 4.86. The fourth-order valence-corrected chi connectivity index (χ4v) is 1.81. The molecule has 8 nitrogen and oxygen atoms in total. The van der Waals surface area contributed by atoms with E-state index in [4.69, 9.17) is 0 Å². The maximum Gasteiger partial charge on any atom is 2.00 e. The van der Waals surface area contributed by atoms with Gasteiger partial charge in [-0.2, -0.15) is 26.3 Å². The second kappa shape index (κ2) is 12.0. The summed E-state index contributed by atoms with van der Waals surface area (Å²) in [6, 6.07) is 0. The van der Waals surface area contributed by atoms with Gasteiger partial charge in [-0.05, 0) is 13.8 Å². The number of carbonyl (C=O) groups excluding carboxylic acids is 2. The SMILES string of the molecule is CCOc1c(C(=O)[O-])nc(F)c(F)c1F.CCOc1c(C(=O)[O-])nc(F)c(F)c1F.[Zn+2]. The van der Waals surface area contributed by atoms with Crippen LogP contribution in [0.5, 0.6) is 11.5 Å². The quantitative estimate of drug-likeness (QED) is 0.316. The van der Waals surface area contributed by atoms with Crippen molar-refractivity contribution in [2.45, 2.75) is 13.8 Å². The number of ether oxygens (including phenoxy) is 2. The van der Waals surface area contributed by atoms with Gasteiger partial charge in [-0.1, -0.05) is 0 Å². The maximum absolute atomic E-state index is 13.0. The van der Waals surface area contributed by atoms with Crippen LogP contribution in [0.3, 0.4) is 0 Å². The molecule has 0 N–H and O–H groups in total. The molecule has 0 spiro atoms. The summed E-state index contributed by atoms with van der Waals surface area (Å²) in [4.78, 5) is 26.2. The average molecular weight is 506 g/mol. The number of nitrogens with zero attached hydrogens (tertiary/aromatic N) is 2. The van der Waals surface area contributed by atoms with Gasteiger partial charge in [0.15, 0.2) is 11.5 Å². The molecule has 0 unspecified atom stereocenters. The monoisotopic (exact) mass is 504 g/mol. The smallest absolute Gasteiger partial charge is 0.543 e. The third-order valence-electron chi connectivity index (χ3n) is 2.96. The van der Waals surface area contributed by atoms with Crippen molar-refractivity contribution in [1.82, 2.24) is 9.97 Å². The first-order valence-electron chi connectivity index (χ1n) is 7.74. The fraction of sp³-hybridized carbons (Fsp3) is 0.250. The number of halogens is 6. The summed E-state index contributed by atoms with van der Waals surface area (Å²) < 4.78 is 85.4. The predicted molar refractivity (Wildman–Crippen MR) is 79.2 cm³/mol. The molecule has 2 rings (SSSR count). The van der Waals surface area contributed by atoms with Crippen molar-refractivity contribution in [3.8, 4) is 11.5 Å². The summed E-state index contributed by atoms with van der Waals surface area (Å²) in [5.41, 5.74) is -2.21. The van der Waals surface area contributed by atoms with E-state index in [1.807, 2.05) is 0 Å². The molecule has 164 valence electrons. The van der Waals surface area contributed by atoms with Crippen LogP contribution < -0.4 is 19.7 Å². The molecule has 0 saturated heterocycles. The molecule has 0 aliphatic carbocycles. The summed E-state index contributed by atoms with van der Waals surface area (Å²) in [5, 5.41) is 20.8. The molecule has 0 saturated carbocycles. The zero-order valence-corrected chi connectivity index (χ0v) is 18.7. The van der Waals surface area contributed by atoms with Crippen LogP contribution in [0.15, 0.2) is 0 Å². The molecule has 0 amide bonds. The van der Waals surface area contributed by atoms with E-state index in [0.717, 1.165) is 0 Å². The molecule has 15 heteroatoms. The molecule has 31 heavy (non-hydrogen) atoms. The van der Waals surface area contributed by atoms with Crippen LogP contribution in [0, 0.1) is 35.2 Å². The van der Waals surface area contributed by atoms with Crippen LogP contribution in [0.2, 0.25) is 0 Å². The molecule has 0 bridgehead atoms. The van der Waals surface area contributed by atoms with Gasteiger partial charge in [0, 0.05) is 0 Å². The minimum absolute atomic E-state index is 0. The van der Waals surface area contributed by atoms with Gasteiger partial charge in [0.1, 0.15) is 11.4 Å². The third kappa shape index (κ3) is 6.51. The van der Waals surface area contributed by atoms with E-state index in [1.165, 1.54) is 13.8 Å². The predicted octanol–water partition coefficient (Wildman–Crippen LogP) is 0.520. The van der Waals surface area contributed by atoms with Gasteiger partial charge in [-0.25, -0.2) is 9.97 Å². The topological polar surface area (TPSA) is 125 Å². The van der Waals surface area contributed by atoms with Crippen molar-refractivity contribution in [1.29, 1.82) is 0 Å². The Kier molecular flexibility index (Phi) is 10.9. The Morgan fingerprint density at radius 2 is 1.00 bits per heavy atom. The Morgan fingerprint density at radius 3 is 1.23 bits per heavy atom. The molecular formula is C16H10F6N2O6Zn. The maximum atomic E-state index is 13.0. The second-order valence-electron chi connectivity index (χ2n) is 4.86. The molecule has 0 atom stereocenters. The van der Waals surface area contributed by atoms with E-state index >= 15 is 0 Å². The fourth-order valence-electron chi connectivity index (χ4n) is 1.81. The van der Waals surface area contributed by atoms with Gasteiger partial charge >= 0.3 is 19.5 Å². The third-order valence-corrected chi connectivity index (χ3v) is 2.96. The largest absolute Gasteiger partial charge is 2.00 e. The summed E-state index contributed by atoms with van der Waals surface area (Å²) in [6.07, 6.45) is 0. The molecular weight excluding hydrogens is 496 g/mol. The van der Waals surface area contributed by atoms with E-state index < -0.39 is 70.0 Å². The van der Waals surface area contributed by atoms with Crippen molar-refractivity contribution in [3.63, 3.8) is 0 Å². The Labute approximate surface area is 182 Å². The normalized spacial score (nSPS) is 9.81. The van der Waals surface area contributed by atoms with Crippen LogP contribution in [-0.4, -0.2) is 35.1 Å². The minimum Gasteiger partial charge on any atom is -0.543 e. The molecule has 2 aromatic heterocycles. The first-order chi connectivity index (χ1) is 14.0. The molecule has 0 fully saturated rings. The summed E-state index contributed by atoms with van der Waals surface area (Å²) in [5.74, 6) is -16.8. The number of aromatic nitrogens is 2. The Balaban J connectivity index is 0.000000562. The van der Waals surface area contributed by atoms with Crippen molar-refractivity contribution in [2.24, 2.45) is 0 Å². The van der Waals surface area contributed by atoms with E-state index in [2.05, 4.69) is 19.4 Å². The van der Waals surface area contributed by atoms with Crippen LogP contribution in [0.4, 0.5) is 26.3 Å². The molecule has 0 radical (unpaired) electrons. The van der Waals surface area contributed by atoms with E-state index in [9.17, 15) is 46.1 Å². The number of hydrogen-bond donors (Lipinski definition) is 0. The number of carbonyl (C=O) groups is 2. The van der Waals surface area contributed by atoms with E-state index in [0.29, 0.717) is 0 Å². The van der Waals surface area contributed by atoms with Crippen molar-refractivity contribution < 1.29 is 75.1 Å². The van der Waals surface area contributed by atoms with Gasteiger partial charge in [0.05, 0.1) is 25.2 Å². The van der Waals surface area contributed by atoms with E-state index in [-0.39, 0.29) is 32.7 Å². The van der Waals surface area contributed by atoms with Crippen LogP contribution in [0.25, 0.3) is 0 Å². The number of pyridine rings is 2. The Morgan fingerprint density at radius 1 is 0.710 bits per heavy atom. The van der Waals surface area contributed by atoms with Crippen LogP contribution >= 0.6 is 0 Å². The van der Waals surface area contributed by atoms with Gasteiger partial charge in [0.2, 0.25) is 23.3 Å². The summed E-state index contributed by atoms with van der Waals surface area (Å²) in [7, 11) is 0. The first kappa shape index (κ1) is 28.0. The summed E-state index contributed by atoms with van der Waals surface area (Å²) >= 11 is 0. The minimum atomic E-state index is -1.95. The molecule has 0 aliphatic rings. The number of carboxylic acids is 2. The average Bonchev–Trinajstić information content (AvgIpc) is 2.68. The van der Waals surface area contributed by atoms with Crippen molar-refractivity contribution in [3.05, 3.63) is 46.6 Å². The van der Waals surface area contributed by atoms with E-state index in [1.54, 1.807) is 0 Å². The van der Waals surface area contributed by atoms with Gasteiger partial charge in [0.25, 0.3) is 11.9 Å². The molecule has 2 heterocycles. The molecule has 0 aromatic carbocycles. The van der Waals surface area contributed by atoms with Crippen molar-refractivity contribution in [2.75, 3.05) is 13.2 Å². The number of hydrogen-bond acceptors (Lipinski definition) is 8. The number of rotatable bonds is 6. The Hall–Kier alpha value is -2.96. The van der Waals surface area contributed by atoms with Crippen LogP contribution in [-0.2, 0) is 19.5 Å². The van der Waals surface area contributed by atoms with Crippen molar-refractivity contribution >= 4 is 11.9 Å². The Bertz CT molecular complexity index is 901. The number of carboxylic acid groups (broad SMARTS) is 2. The van der Waals surface area contributed by atoms with Gasteiger partial charge in [-0.15, -0.1) is 0 Å². The van der Waals surface area contributed by atoms with Gasteiger partial charge < -0.3 is 29.3 Å². The standard InChI is InChI=1S/2C8H6F3NO3.Zn/c2*1-2-15-6-3(9)4(10)7(11)12-5(6)8(13)14;/h2*2H2,1H3,(H,13,14);/q;;+2/p-2. The first-order valence-corrected chi connectivity index (χ1v) is 7.74. The molecule has 0 aliphatic heterocycles. The molecule has 2 aromatic rings. The van der Waals surface area contributed by atoms with Crippen LogP contribution in [0.1, 0.15) is 34.8 Å². The summed E-state index contributed by atoms with van der Waals surface area (Å²) in [6.45, 7) is 2.59. The zero-order valence-electron chi connectivity index (χ0n) is 15.7.